The van der Waals surface area contributed by atoms with Gasteiger partial charge in [-0.25, -0.2) is 4.79 Å². The monoisotopic (exact) mass is 335 g/mol. The Morgan fingerprint density at radius 3 is 2.62 bits per heavy atom. The number of carboxylic acids is 1. The van der Waals surface area contributed by atoms with Crippen LogP contribution >= 0.6 is 0 Å². The third-order valence-corrected chi connectivity index (χ3v) is 4.84. The summed E-state index contributed by atoms with van der Waals surface area (Å²) in [5.74, 6) is -0.927. The summed E-state index contributed by atoms with van der Waals surface area (Å²) in [6.45, 7) is 7.67. The molecule has 0 radical (unpaired) electrons. The maximum absolute atomic E-state index is 12.2. The molecule has 2 N–H and O–H groups in total. The van der Waals surface area contributed by atoms with E-state index in [0.29, 0.717) is 12.4 Å². The van der Waals surface area contributed by atoms with Crippen LogP contribution in [0, 0.1) is 12.3 Å². The average Bonchev–Trinajstić information content (AvgIpc) is 2.51. The lowest BCUT2D eigenvalue weighted by molar-refractivity contribution is -0.194. The van der Waals surface area contributed by atoms with Crippen LogP contribution in [0.1, 0.15) is 32.8 Å². The number of benzene rings is 1. The van der Waals surface area contributed by atoms with Gasteiger partial charge < -0.3 is 19.9 Å². The van der Waals surface area contributed by atoms with Crippen molar-refractivity contribution in [1.29, 1.82) is 0 Å². The molecule has 6 heteroatoms. The minimum atomic E-state index is -1.33. The predicted octanol–water partition coefficient (Wildman–Crippen LogP) is 2.15. The van der Waals surface area contributed by atoms with Crippen molar-refractivity contribution in [1.82, 2.24) is 5.32 Å². The van der Waals surface area contributed by atoms with E-state index < -0.39 is 22.8 Å². The summed E-state index contributed by atoms with van der Waals surface area (Å²) in [6.07, 6.45) is 0.0518. The van der Waals surface area contributed by atoms with Gasteiger partial charge >= 0.3 is 5.97 Å². The first kappa shape index (κ1) is 18.3. The molecule has 2 unspecified atom stereocenters. The Hall–Kier alpha value is -2.08. The highest BCUT2D eigenvalue weighted by atomic mass is 16.5. The van der Waals surface area contributed by atoms with Crippen molar-refractivity contribution >= 4 is 11.9 Å². The van der Waals surface area contributed by atoms with E-state index in [-0.39, 0.29) is 19.1 Å². The van der Waals surface area contributed by atoms with Crippen molar-refractivity contribution < 1.29 is 24.2 Å². The van der Waals surface area contributed by atoms with E-state index in [1.165, 1.54) is 0 Å². The van der Waals surface area contributed by atoms with Gasteiger partial charge in [-0.3, -0.25) is 4.79 Å². The minimum absolute atomic E-state index is 0.198. The molecule has 0 aromatic heterocycles. The summed E-state index contributed by atoms with van der Waals surface area (Å²) in [7, 11) is 0. The Labute approximate surface area is 142 Å². The number of ether oxygens (including phenoxy) is 2. The fourth-order valence-electron chi connectivity index (χ4n) is 3.17. The van der Waals surface area contributed by atoms with Crippen LogP contribution in [0.25, 0.3) is 0 Å². The Morgan fingerprint density at radius 1 is 1.38 bits per heavy atom. The molecule has 1 aliphatic rings. The van der Waals surface area contributed by atoms with Crippen LogP contribution < -0.4 is 10.1 Å². The molecular formula is C18H25NO5. The molecule has 2 rings (SSSR count). The Balaban J connectivity index is 2.01. The van der Waals surface area contributed by atoms with Crippen molar-refractivity contribution in [2.24, 2.45) is 5.41 Å². The van der Waals surface area contributed by atoms with Gasteiger partial charge in [0.15, 0.2) is 6.61 Å². The Bertz CT molecular complexity index is 628. The van der Waals surface area contributed by atoms with Gasteiger partial charge in [0.2, 0.25) is 0 Å². The fourth-order valence-corrected chi connectivity index (χ4v) is 3.17. The molecular weight excluding hydrogens is 310 g/mol. The zero-order valence-electron chi connectivity index (χ0n) is 14.6. The van der Waals surface area contributed by atoms with Crippen LogP contribution in [0.5, 0.6) is 5.75 Å². The van der Waals surface area contributed by atoms with Gasteiger partial charge in [-0.2, -0.15) is 0 Å². The Morgan fingerprint density at radius 2 is 2.08 bits per heavy atom. The number of aliphatic carboxylic acids is 1. The molecule has 0 heterocycles. The smallest absolute Gasteiger partial charge is 0.330 e. The van der Waals surface area contributed by atoms with E-state index in [0.717, 1.165) is 5.56 Å². The number of rotatable bonds is 7. The summed E-state index contributed by atoms with van der Waals surface area (Å²) in [5, 5.41) is 12.3. The summed E-state index contributed by atoms with van der Waals surface area (Å²) >= 11 is 0. The molecule has 24 heavy (non-hydrogen) atoms. The largest absolute Gasteiger partial charge is 0.484 e. The van der Waals surface area contributed by atoms with E-state index in [4.69, 9.17) is 9.47 Å². The van der Waals surface area contributed by atoms with E-state index in [9.17, 15) is 14.7 Å². The number of aryl methyl sites for hydroxylation is 1. The molecule has 1 aromatic carbocycles. The van der Waals surface area contributed by atoms with Crippen LogP contribution in [0.15, 0.2) is 24.3 Å². The minimum Gasteiger partial charge on any atom is -0.484 e. The van der Waals surface area contributed by atoms with Crippen molar-refractivity contribution in [2.45, 2.75) is 45.8 Å². The van der Waals surface area contributed by atoms with Crippen molar-refractivity contribution in [2.75, 3.05) is 13.2 Å². The molecule has 1 aromatic rings. The van der Waals surface area contributed by atoms with Gasteiger partial charge in [-0.15, -0.1) is 0 Å². The highest BCUT2D eigenvalue weighted by molar-refractivity contribution is 5.90. The first-order chi connectivity index (χ1) is 11.2. The molecule has 6 nitrogen and oxygen atoms in total. The quantitative estimate of drug-likeness (QED) is 0.797. The second-order valence-electron chi connectivity index (χ2n) is 6.73. The first-order valence-corrected chi connectivity index (χ1v) is 8.08. The normalized spacial score (nSPS) is 24.8. The third-order valence-electron chi connectivity index (χ3n) is 4.84. The average molecular weight is 335 g/mol. The maximum atomic E-state index is 12.2. The van der Waals surface area contributed by atoms with E-state index in [1.807, 2.05) is 32.0 Å². The first-order valence-electron chi connectivity index (χ1n) is 8.08. The summed E-state index contributed by atoms with van der Waals surface area (Å²) in [5.41, 5.74) is -1.01. The molecule has 1 aliphatic carbocycles. The molecule has 0 spiro atoms. The predicted molar refractivity (Wildman–Crippen MR) is 89.0 cm³/mol. The van der Waals surface area contributed by atoms with Gasteiger partial charge in [-0.1, -0.05) is 26.0 Å². The SMILES string of the molecule is CCOC1CC(NC(=O)COc2cccc(C)c2)(C(=O)O)C1(C)C. The number of carbonyl (C=O) groups is 2. The molecule has 0 aliphatic heterocycles. The molecule has 0 bridgehead atoms. The van der Waals surface area contributed by atoms with Gasteiger partial charge in [0, 0.05) is 18.4 Å². The maximum Gasteiger partial charge on any atom is 0.330 e. The zero-order chi connectivity index (χ0) is 18.0. The molecule has 2 atom stereocenters. The Kier molecular flexibility index (Phi) is 5.18. The van der Waals surface area contributed by atoms with Crippen molar-refractivity contribution in [3.05, 3.63) is 29.8 Å². The van der Waals surface area contributed by atoms with Gasteiger partial charge in [0.25, 0.3) is 5.91 Å². The molecule has 0 saturated heterocycles. The van der Waals surface area contributed by atoms with Crippen LogP contribution in [-0.2, 0) is 14.3 Å². The van der Waals surface area contributed by atoms with Crippen LogP contribution in [0.2, 0.25) is 0 Å². The second kappa shape index (κ2) is 6.81. The zero-order valence-corrected chi connectivity index (χ0v) is 14.6. The van der Waals surface area contributed by atoms with E-state index in [2.05, 4.69) is 5.32 Å². The number of amides is 1. The van der Waals surface area contributed by atoms with Gasteiger partial charge in [0.05, 0.1) is 6.10 Å². The number of hydrogen-bond acceptors (Lipinski definition) is 4. The van der Waals surface area contributed by atoms with Crippen molar-refractivity contribution in [3.8, 4) is 5.75 Å². The van der Waals surface area contributed by atoms with Crippen LogP contribution in [0.4, 0.5) is 0 Å². The lowest BCUT2D eigenvalue weighted by Crippen LogP contribution is -2.76. The number of carbonyl (C=O) groups excluding carboxylic acids is 1. The lowest BCUT2D eigenvalue weighted by atomic mass is 9.54. The van der Waals surface area contributed by atoms with Crippen LogP contribution in [-0.4, -0.2) is 41.8 Å². The second-order valence-corrected chi connectivity index (χ2v) is 6.73. The number of hydrogen-bond donors (Lipinski definition) is 2. The molecule has 1 amide bonds. The molecule has 1 saturated carbocycles. The third kappa shape index (κ3) is 3.24. The topological polar surface area (TPSA) is 84.9 Å². The van der Waals surface area contributed by atoms with Gasteiger partial charge in [-0.05, 0) is 31.5 Å². The highest BCUT2D eigenvalue weighted by Crippen LogP contribution is 2.51. The highest BCUT2D eigenvalue weighted by Gasteiger charge is 2.66. The lowest BCUT2D eigenvalue weighted by Gasteiger charge is -2.58. The standard InChI is InChI=1S/C18H25NO5/c1-5-23-14-10-18(16(21)22,17(14,3)4)19-15(20)11-24-13-8-6-7-12(2)9-13/h6-9,14H,5,10-11H2,1-4H3,(H,19,20)(H,21,22). The van der Waals surface area contributed by atoms with Crippen LogP contribution in [0.3, 0.4) is 0 Å². The molecule has 1 fully saturated rings. The summed E-state index contributed by atoms with van der Waals surface area (Å²) < 4.78 is 11.0. The molecule has 132 valence electrons. The van der Waals surface area contributed by atoms with E-state index >= 15 is 0 Å². The number of carboxylic acid groups (broad SMARTS) is 1. The van der Waals surface area contributed by atoms with E-state index in [1.54, 1.807) is 19.9 Å². The summed E-state index contributed by atoms with van der Waals surface area (Å²) in [4.78, 5) is 24.0. The van der Waals surface area contributed by atoms with Gasteiger partial charge in [0.1, 0.15) is 11.3 Å². The van der Waals surface area contributed by atoms with Crippen molar-refractivity contribution in [3.63, 3.8) is 0 Å². The summed E-state index contributed by atoms with van der Waals surface area (Å²) in [6, 6.07) is 7.34. The number of nitrogens with one attached hydrogen (secondary N) is 1. The fraction of sp³-hybridized carbons (Fsp3) is 0.556.